The first-order valence-electron chi connectivity index (χ1n) is 9.44. The summed E-state index contributed by atoms with van der Waals surface area (Å²) in [5, 5.41) is 0. The van der Waals surface area contributed by atoms with Gasteiger partial charge in [0.2, 0.25) is 0 Å². The van der Waals surface area contributed by atoms with Crippen LogP contribution < -0.4 is 4.90 Å². The highest BCUT2D eigenvalue weighted by molar-refractivity contribution is 5.56. The Bertz CT molecular complexity index is 615. The molecule has 0 spiro atoms. The molecule has 0 aromatic heterocycles. The number of anilines is 1. The Labute approximate surface area is 111 Å². The molecular weight excluding hydrogens is 194 g/mol. The van der Waals surface area contributed by atoms with Gasteiger partial charge in [-0.15, -0.1) is 0 Å². The molecule has 1 aromatic carbocycles. The van der Waals surface area contributed by atoms with Gasteiger partial charge >= 0.3 is 0 Å². The summed E-state index contributed by atoms with van der Waals surface area (Å²) in [4.78, 5) is 1.60. The van der Waals surface area contributed by atoms with Crippen LogP contribution in [-0.4, -0.2) is 12.1 Å². The lowest BCUT2D eigenvalue weighted by Gasteiger charge is -2.34. The third-order valence-electron chi connectivity index (χ3n) is 3.00. The van der Waals surface area contributed by atoms with Crippen molar-refractivity contribution in [2.75, 3.05) is 11.4 Å². The molecule has 1 heterocycles. The van der Waals surface area contributed by atoms with Gasteiger partial charge in [0.15, 0.2) is 0 Å². The summed E-state index contributed by atoms with van der Waals surface area (Å²) in [6.07, 6.45) is -2.46. The Hall–Kier alpha value is -0.980. The van der Waals surface area contributed by atoms with Crippen molar-refractivity contribution < 1.29 is 11.0 Å². The summed E-state index contributed by atoms with van der Waals surface area (Å²) < 4.78 is 64.4. The lowest BCUT2D eigenvalue weighted by molar-refractivity contribution is 0.371. The van der Waals surface area contributed by atoms with Crippen molar-refractivity contribution in [3.63, 3.8) is 0 Å². The van der Waals surface area contributed by atoms with Crippen molar-refractivity contribution >= 4 is 5.69 Å². The number of para-hydroxylation sites is 1. The standard InChI is InChI=1S/C15H23N/c1-12-8-6-7-9-13(12)16-11-14(2,3)10-15(16,4)5/h6-9H,10-11H2,1-5H3/i2D3,3D3,10D2. The van der Waals surface area contributed by atoms with Gasteiger partial charge in [0.25, 0.3) is 0 Å². The minimum Gasteiger partial charge on any atom is -0.366 e. The van der Waals surface area contributed by atoms with E-state index in [-0.39, 0.29) is 0 Å². The van der Waals surface area contributed by atoms with Gasteiger partial charge in [-0.2, -0.15) is 0 Å². The first kappa shape index (κ1) is 5.12. The van der Waals surface area contributed by atoms with Crippen LogP contribution in [-0.2, 0) is 0 Å². The number of hydrogen-bond acceptors (Lipinski definition) is 1. The highest BCUT2D eigenvalue weighted by Gasteiger charge is 2.43. The van der Waals surface area contributed by atoms with Crippen LogP contribution in [0, 0.1) is 12.3 Å². The van der Waals surface area contributed by atoms with Gasteiger partial charge in [-0.1, -0.05) is 31.9 Å². The molecule has 1 heteroatoms. The van der Waals surface area contributed by atoms with Gasteiger partial charge in [0.05, 0.1) is 0 Å². The summed E-state index contributed by atoms with van der Waals surface area (Å²) in [7, 11) is 0. The third-order valence-corrected chi connectivity index (χ3v) is 3.00. The molecule has 88 valence electrons. The normalized spacial score (nSPS) is 34.6. The van der Waals surface area contributed by atoms with Crippen LogP contribution in [0.5, 0.6) is 0 Å². The van der Waals surface area contributed by atoms with E-state index in [9.17, 15) is 0 Å². The van der Waals surface area contributed by atoms with Crippen molar-refractivity contribution in [1.29, 1.82) is 0 Å². The molecule has 1 saturated heterocycles. The topological polar surface area (TPSA) is 3.24 Å². The van der Waals surface area contributed by atoms with E-state index < -0.39 is 37.6 Å². The molecule has 0 amide bonds. The predicted octanol–water partition coefficient (Wildman–Crippen LogP) is 4.01. The smallest absolute Gasteiger partial charge is 0.0400 e. The molecule has 2 rings (SSSR count). The van der Waals surface area contributed by atoms with E-state index in [0.717, 1.165) is 5.56 Å². The van der Waals surface area contributed by atoms with Crippen LogP contribution in [0.4, 0.5) is 5.69 Å². The van der Waals surface area contributed by atoms with Crippen LogP contribution in [0.25, 0.3) is 0 Å². The number of hydrogen-bond donors (Lipinski definition) is 0. The second kappa shape index (κ2) is 3.51. The quantitative estimate of drug-likeness (QED) is 0.698. The molecule has 0 saturated carbocycles. The van der Waals surface area contributed by atoms with Gasteiger partial charge in [-0.3, -0.25) is 0 Å². The number of nitrogens with zero attached hydrogens (tertiary/aromatic N) is 1. The van der Waals surface area contributed by atoms with Crippen LogP contribution in [0.2, 0.25) is 0 Å². The summed E-state index contributed by atoms with van der Waals surface area (Å²) >= 11 is 0. The van der Waals surface area contributed by atoms with E-state index in [1.807, 2.05) is 19.1 Å². The second-order valence-corrected chi connectivity index (χ2v) is 4.96. The van der Waals surface area contributed by atoms with Gasteiger partial charge < -0.3 is 4.90 Å². The van der Waals surface area contributed by atoms with Crippen LogP contribution in [0.15, 0.2) is 24.3 Å². The van der Waals surface area contributed by atoms with Crippen LogP contribution >= 0.6 is 0 Å². The third kappa shape index (κ3) is 1.95. The van der Waals surface area contributed by atoms with E-state index in [2.05, 4.69) is 0 Å². The minimum atomic E-state index is -2.98. The van der Waals surface area contributed by atoms with Crippen molar-refractivity contribution in [2.24, 2.45) is 5.41 Å². The molecule has 1 fully saturated rings. The summed E-state index contributed by atoms with van der Waals surface area (Å²) in [5.74, 6) is 0. The van der Waals surface area contributed by atoms with Crippen LogP contribution in [0.1, 0.15) is 50.5 Å². The predicted molar refractivity (Wildman–Crippen MR) is 71.0 cm³/mol. The fourth-order valence-corrected chi connectivity index (χ4v) is 2.32. The van der Waals surface area contributed by atoms with Crippen molar-refractivity contribution in [1.82, 2.24) is 0 Å². The Morgan fingerprint density at radius 2 is 2.00 bits per heavy atom. The number of aryl methyl sites for hydroxylation is 1. The fourth-order valence-electron chi connectivity index (χ4n) is 2.32. The molecule has 1 aliphatic heterocycles. The SMILES string of the molecule is [2H]C([2H])([2H])C1(C([2H])([2H])[2H])CN(c2ccccc2C)C(C)(C)C1([2H])[2H]. The molecule has 0 unspecified atom stereocenters. The zero-order valence-corrected chi connectivity index (χ0v) is 9.96. The molecule has 16 heavy (non-hydrogen) atoms. The summed E-state index contributed by atoms with van der Waals surface area (Å²) in [5.41, 5.74) is -2.28. The molecule has 0 aliphatic carbocycles. The first-order valence-corrected chi connectivity index (χ1v) is 5.44. The Kier molecular flexibility index (Phi) is 1.12. The Balaban J connectivity index is 2.77. The minimum absolute atomic E-state index is 0.398. The highest BCUT2D eigenvalue weighted by Crippen LogP contribution is 2.44. The van der Waals surface area contributed by atoms with Crippen molar-refractivity contribution in [3.8, 4) is 0 Å². The monoisotopic (exact) mass is 225 g/mol. The van der Waals surface area contributed by atoms with Crippen molar-refractivity contribution in [2.45, 2.75) is 46.4 Å². The van der Waals surface area contributed by atoms with Gasteiger partial charge in [-0.05, 0) is 44.2 Å². The van der Waals surface area contributed by atoms with E-state index in [0.29, 0.717) is 5.69 Å². The molecule has 0 radical (unpaired) electrons. The average Bonchev–Trinajstić information content (AvgIpc) is 2.54. The molecule has 0 atom stereocenters. The van der Waals surface area contributed by atoms with E-state index >= 15 is 0 Å². The molecule has 1 aliphatic rings. The summed E-state index contributed by atoms with van der Waals surface area (Å²) in [6, 6.07) is 7.21. The first-order chi connectivity index (χ1) is 10.6. The highest BCUT2D eigenvalue weighted by atomic mass is 15.2. The van der Waals surface area contributed by atoms with Gasteiger partial charge in [0, 0.05) is 28.7 Å². The van der Waals surface area contributed by atoms with E-state index in [4.69, 9.17) is 11.0 Å². The fraction of sp³-hybridized carbons (Fsp3) is 0.600. The molecule has 1 aromatic rings. The molecule has 1 nitrogen and oxygen atoms in total. The largest absolute Gasteiger partial charge is 0.366 e. The van der Waals surface area contributed by atoms with Crippen molar-refractivity contribution in [3.05, 3.63) is 29.8 Å². The van der Waals surface area contributed by atoms with Crippen LogP contribution in [0.3, 0.4) is 0 Å². The molecular formula is C15H23N. The van der Waals surface area contributed by atoms with E-state index in [1.54, 1.807) is 30.9 Å². The maximum Gasteiger partial charge on any atom is 0.0400 e. The lowest BCUT2D eigenvalue weighted by Crippen LogP contribution is -2.38. The maximum absolute atomic E-state index is 8.56. The number of benzene rings is 1. The molecule has 0 bridgehead atoms. The average molecular weight is 225 g/mol. The molecule has 0 N–H and O–H groups in total. The van der Waals surface area contributed by atoms with Gasteiger partial charge in [0.1, 0.15) is 0 Å². The van der Waals surface area contributed by atoms with E-state index in [1.165, 1.54) is 0 Å². The Morgan fingerprint density at radius 1 is 1.31 bits per heavy atom. The number of rotatable bonds is 1. The zero-order valence-electron chi connectivity index (χ0n) is 18.0. The second-order valence-electron chi connectivity index (χ2n) is 4.96. The zero-order chi connectivity index (χ0) is 18.8. The lowest BCUT2D eigenvalue weighted by atomic mass is 9.86. The Morgan fingerprint density at radius 3 is 2.56 bits per heavy atom. The maximum atomic E-state index is 8.56. The van der Waals surface area contributed by atoms with Gasteiger partial charge in [-0.25, -0.2) is 0 Å². The summed E-state index contributed by atoms with van der Waals surface area (Å²) in [6.45, 7) is -1.37.